The average Bonchev–Trinajstić information content (AvgIpc) is 2.97. The third-order valence-electron chi connectivity index (χ3n) is 4.18. The Morgan fingerprint density at radius 1 is 1.13 bits per heavy atom. The van der Waals surface area contributed by atoms with E-state index >= 15 is 0 Å². The van der Waals surface area contributed by atoms with Gasteiger partial charge in [0.05, 0.1) is 13.0 Å². The summed E-state index contributed by atoms with van der Waals surface area (Å²) in [6.07, 6.45) is 0.968. The second-order valence-electron chi connectivity index (χ2n) is 5.72. The van der Waals surface area contributed by atoms with Crippen molar-refractivity contribution in [1.29, 1.82) is 0 Å². The molecule has 0 saturated carbocycles. The smallest absolute Gasteiger partial charge is 0.311 e. The predicted molar refractivity (Wildman–Crippen MR) is 88.2 cm³/mol. The SMILES string of the molecule is COC(=O)C1CC(=O)N(c2ccccc2Cc2ccccc2)C1. The molecule has 0 spiro atoms. The van der Waals surface area contributed by atoms with Gasteiger partial charge in [0.2, 0.25) is 5.91 Å². The summed E-state index contributed by atoms with van der Waals surface area (Å²) in [7, 11) is 1.36. The van der Waals surface area contributed by atoms with Gasteiger partial charge in [0.1, 0.15) is 0 Å². The van der Waals surface area contributed by atoms with Gasteiger partial charge in [-0.05, 0) is 23.6 Å². The summed E-state index contributed by atoms with van der Waals surface area (Å²) in [6.45, 7) is 0.386. The first-order valence-electron chi connectivity index (χ1n) is 7.69. The number of methoxy groups -OCH3 is 1. The number of hydrogen-bond acceptors (Lipinski definition) is 3. The van der Waals surface area contributed by atoms with Crippen molar-refractivity contribution in [3.63, 3.8) is 0 Å². The Morgan fingerprint density at radius 2 is 1.83 bits per heavy atom. The van der Waals surface area contributed by atoms with Gasteiger partial charge in [0.15, 0.2) is 0 Å². The van der Waals surface area contributed by atoms with Crippen LogP contribution in [0.15, 0.2) is 54.6 Å². The molecule has 2 aromatic rings. The quantitative estimate of drug-likeness (QED) is 0.816. The molecule has 4 nitrogen and oxygen atoms in total. The molecule has 1 heterocycles. The van der Waals surface area contributed by atoms with E-state index in [0.717, 1.165) is 17.7 Å². The van der Waals surface area contributed by atoms with Crippen LogP contribution >= 0.6 is 0 Å². The minimum absolute atomic E-state index is 0.0269. The second kappa shape index (κ2) is 6.65. The van der Waals surface area contributed by atoms with Gasteiger partial charge in [0.25, 0.3) is 0 Å². The normalized spacial score (nSPS) is 17.3. The fourth-order valence-electron chi connectivity index (χ4n) is 3.00. The minimum atomic E-state index is -0.378. The van der Waals surface area contributed by atoms with E-state index in [-0.39, 0.29) is 24.2 Å². The van der Waals surface area contributed by atoms with Gasteiger partial charge < -0.3 is 9.64 Å². The van der Waals surface area contributed by atoms with E-state index < -0.39 is 0 Å². The fraction of sp³-hybridized carbons (Fsp3) is 0.263. The monoisotopic (exact) mass is 309 g/mol. The Bertz CT molecular complexity index is 712. The summed E-state index contributed by atoms with van der Waals surface area (Å²) in [5, 5.41) is 0. The molecular formula is C19H19NO3. The third-order valence-corrected chi connectivity index (χ3v) is 4.18. The van der Waals surface area contributed by atoms with Gasteiger partial charge in [-0.15, -0.1) is 0 Å². The molecule has 1 saturated heterocycles. The number of carbonyl (C=O) groups excluding carboxylic acids is 2. The molecule has 0 radical (unpaired) electrons. The van der Waals surface area contributed by atoms with Crippen molar-refractivity contribution in [3.8, 4) is 0 Å². The highest BCUT2D eigenvalue weighted by molar-refractivity contribution is 6.00. The fourth-order valence-corrected chi connectivity index (χ4v) is 3.00. The summed E-state index contributed by atoms with van der Waals surface area (Å²) < 4.78 is 4.77. The van der Waals surface area contributed by atoms with Gasteiger partial charge in [-0.1, -0.05) is 48.5 Å². The Morgan fingerprint density at radius 3 is 2.57 bits per heavy atom. The number of amides is 1. The maximum Gasteiger partial charge on any atom is 0.311 e. The topological polar surface area (TPSA) is 46.6 Å². The molecular weight excluding hydrogens is 290 g/mol. The number of para-hydroxylation sites is 1. The molecule has 1 unspecified atom stereocenters. The summed E-state index contributed by atoms with van der Waals surface area (Å²) >= 11 is 0. The first-order valence-corrected chi connectivity index (χ1v) is 7.69. The van der Waals surface area contributed by atoms with Crippen molar-refractivity contribution < 1.29 is 14.3 Å². The number of ether oxygens (including phenoxy) is 1. The lowest BCUT2D eigenvalue weighted by molar-refractivity contribution is -0.145. The van der Waals surface area contributed by atoms with Crippen molar-refractivity contribution in [1.82, 2.24) is 0 Å². The number of anilines is 1. The molecule has 0 aromatic heterocycles. The molecule has 2 aromatic carbocycles. The summed E-state index contributed by atoms with van der Waals surface area (Å²) in [4.78, 5) is 25.7. The van der Waals surface area contributed by atoms with Crippen molar-refractivity contribution >= 4 is 17.6 Å². The number of rotatable bonds is 4. The molecule has 1 aliphatic heterocycles. The number of benzene rings is 2. The maximum absolute atomic E-state index is 12.3. The van der Waals surface area contributed by atoms with Crippen molar-refractivity contribution in [2.75, 3.05) is 18.6 Å². The number of hydrogen-bond donors (Lipinski definition) is 0. The first-order chi connectivity index (χ1) is 11.2. The van der Waals surface area contributed by atoms with Gasteiger partial charge >= 0.3 is 5.97 Å². The Hall–Kier alpha value is -2.62. The number of esters is 1. The zero-order valence-electron chi connectivity index (χ0n) is 13.1. The highest BCUT2D eigenvalue weighted by Crippen LogP contribution is 2.30. The van der Waals surface area contributed by atoms with E-state index in [0.29, 0.717) is 6.54 Å². The number of nitrogens with zero attached hydrogens (tertiary/aromatic N) is 1. The van der Waals surface area contributed by atoms with E-state index in [4.69, 9.17) is 4.74 Å². The van der Waals surface area contributed by atoms with Crippen LogP contribution in [0.4, 0.5) is 5.69 Å². The number of carbonyl (C=O) groups is 2. The van der Waals surface area contributed by atoms with Crippen LogP contribution < -0.4 is 4.90 Å². The van der Waals surface area contributed by atoms with Gasteiger partial charge in [-0.2, -0.15) is 0 Å². The van der Waals surface area contributed by atoms with Crippen molar-refractivity contribution in [3.05, 3.63) is 65.7 Å². The second-order valence-corrected chi connectivity index (χ2v) is 5.72. The highest BCUT2D eigenvalue weighted by atomic mass is 16.5. The van der Waals surface area contributed by atoms with Crippen LogP contribution in [0.2, 0.25) is 0 Å². The van der Waals surface area contributed by atoms with E-state index in [1.165, 1.54) is 12.7 Å². The molecule has 23 heavy (non-hydrogen) atoms. The molecule has 1 amide bonds. The van der Waals surface area contributed by atoms with E-state index in [1.807, 2.05) is 42.5 Å². The van der Waals surface area contributed by atoms with Crippen LogP contribution in [-0.4, -0.2) is 25.5 Å². The van der Waals surface area contributed by atoms with E-state index in [2.05, 4.69) is 12.1 Å². The van der Waals surface area contributed by atoms with Crippen LogP contribution in [-0.2, 0) is 20.7 Å². The molecule has 1 aliphatic rings. The van der Waals surface area contributed by atoms with Gasteiger partial charge in [-0.3, -0.25) is 9.59 Å². The first kappa shape index (κ1) is 15.3. The van der Waals surface area contributed by atoms with Crippen LogP contribution in [0.25, 0.3) is 0 Å². The molecule has 3 rings (SSSR count). The van der Waals surface area contributed by atoms with Crippen LogP contribution in [0.5, 0.6) is 0 Å². The molecule has 4 heteroatoms. The minimum Gasteiger partial charge on any atom is -0.469 e. The Labute approximate surface area is 135 Å². The zero-order chi connectivity index (χ0) is 16.2. The average molecular weight is 309 g/mol. The van der Waals surface area contributed by atoms with E-state index in [1.54, 1.807) is 4.90 Å². The molecule has 0 bridgehead atoms. The summed E-state index contributed by atoms with van der Waals surface area (Å²) in [6, 6.07) is 18.0. The van der Waals surface area contributed by atoms with Crippen LogP contribution in [0, 0.1) is 5.92 Å². The lowest BCUT2D eigenvalue weighted by Gasteiger charge is -2.20. The summed E-state index contributed by atoms with van der Waals surface area (Å²) in [5.41, 5.74) is 3.15. The predicted octanol–water partition coefficient (Wildman–Crippen LogP) is 2.80. The maximum atomic E-state index is 12.3. The van der Waals surface area contributed by atoms with Crippen LogP contribution in [0.1, 0.15) is 17.5 Å². The van der Waals surface area contributed by atoms with Crippen molar-refractivity contribution in [2.24, 2.45) is 5.92 Å². The molecule has 118 valence electrons. The van der Waals surface area contributed by atoms with Crippen LogP contribution in [0.3, 0.4) is 0 Å². The molecule has 1 fully saturated rings. The molecule has 1 atom stereocenters. The lowest BCUT2D eigenvalue weighted by Crippen LogP contribution is -2.27. The molecule has 0 aliphatic carbocycles. The van der Waals surface area contributed by atoms with Crippen molar-refractivity contribution in [2.45, 2.75) is 12.8 Å². The third kappa shape index (κ3) is 3.26. The zero-order valence-corrected chi connectivity index (χ0v) is 13.1. The highest BCUT2D eigenvalue weighted by Gasteiger charge is 2.36. The Kier molecular flexibility index (Phi) is 4.42. The van der Waals surface area contributed by atoms with E-state index in [9.17, 15) is 9.59 Å². The largest absolute Gasteiger partial charge is 0.469 e. The molecule has 0 N–H and O–H groups in total. The van der Waals surface area contributed by atoms with Gasteiger partial charge in [0, 0.05) is 18.7 Å². The summed E-state index contributed by atoms with van der Waals surface area (Å²) in [5.74, 6) is -0.723. The Balaban J connectivity index is 1.86. The van der Waals surface area contributed by atoms with Gasteiger partial charge in [-0.25, -0.2) is 0 Å². The standard InChI is InChI=1S/C19H19NO3/c1-23-19(22)16-12-18(21)20(13-16)17-10-6-5-9-15(17)11-14-7-3-2-4-8-14/h2-10,16H,11-13H2,1H3. The lowest BCUT2D eigenvalue weighted by atomic mass is 10.0.